The second-order valence-electron chi connectivity index (χ2n) is 3.97. The zero-order chi connectivity index (χ0) is 14.0. The smallest absolute Gasteiger partial charge is 0.263 e. The van der Waals surface area contributed by atoms with Crippen molar-refractivity contribution in [1.29, 1.82) is 0 Å². The fourth-order valence-electron chi connectivity index (χ4n) is 1.65. The van der Waals surface area contributed by atoms with E-state index in [1.54, 1.807) is 12.1 Å². The standard InChI is InChI=1S/C13H12F2IN3/c1-2-9-10(16)12(17)19-13(18-9)8-5-3-7(4-6-8)11(14)15/h3-6,11H,2H2,1H3,(H2,17,18,19). The summed E-state index contributed by atoms with van der Waals surface area (Å²) in [5.74, 6) is 0.885. The number of hydrogen-bond acceptors (Lipinski definition) is 3. The predicted octanol–water partition coefficient (Wildman–Crippen LogP) is 3.83. The summed E-state index contributed by atoms with van der Waals surface area (Å²) in [6, 6.07) is 5.93. The molecule has 0 unspecified atom stereocenters. The molecular formula is C13H12F2IN3. The first-order chi connectivity index (χ1) is 9.02. The molecule has 0 saturated carbocycles. The van der Waals surface area contributed by atoms with Gasteiger partial charge in [0.2, 0.25) is 0 Å². The summed E-state index contributed by atoms with van der Waals surface area (Å²) >= 11 is 2.11. The Kier molecular flexibility index (Phi) is 4.28. The molecule has 1 aromatic carbocycles. The van der Waals surface area contributed by atoms with Crippen LogP contribution in [0.15, 0.2) is 24.3 Å². The van der Waals surface area contributed by atoms with Crippen LogP contribution in [0.4, 0.5) is 14.6 Å². The minimum Gasteiger partial charge on any atom is -0.383 e. The number of alkyl halides is 2. The molecule has 6 heteroatoms. The van der Waals surface area contributed by atoms with Crippen molar-refractivity contribution in [2.45, 2.75) is 19.8 Å². The lowest BCUT2D eigenvalue weighted by atomic mass is 10.1. The summed E-state index contributed by atoms with van der Waals surface area (Å²) in [7, 11) is 0. The lowest BCUT2D eigenvalue weighted by Gasteiger charge is -2.08. The van der Waals surface area contributed by atoms with Crippen LogP contribution in [0.5, 0.6) is 0 Å². The second kappa shape index (κ2) is 5.77. The van der Waals surface area contributed by atoms with Crippen molar-refractivity contribution in [1.82, 2.24) is 9.97 Å². The van der Waals surface area contributed by atoms with Gasteiger partial charge in [-0.3, -0.25) is 0 Å². The number of halogens is 3. The number of nitrogens with zero attached hydrogens (tertiary/aromatic N) is 2. The van der Waals surface area contributed by atoms with E-state index in [4.69, 9.17) is 5.73 Å². The highest BCUT2D eigenvalue weighted by Crippen LogP contribution is 2.25. The molecule has 0 spiro atoms. The van der Waals surface area contributed by atoms with Crippen molar-refractivity contribution >= 4 is 28.4 Å². The third kappa shape index (κ3) is 2.99. The maximum absolute atomic E-state index is 12.5. The molecule has 0 saturated heterocycles. The van der Waals surface area contributed by atoms with E-state index in [9.17, 15) is 8.78 Å². The van der Waals surface area contributed by atoms with E-state index in [0.29, 0.717) is 17.2 Å². The molecule has 2 rings (SSSR count). The fraction of sp³-hybridized carbons (Fsp3) is 0.231. The molecule has 2 aromatic rings. The molecule has 19 heavy (non-hydrogen) atoms. The van der Waals surface area contributed by atoms with E-state index in [0.717, 1.165) is 15.7 Å². The lowest BCUT2D eigenvalue weighted by Crippen LogP contribution is -2.04. The molecule has 0 radical (unpaired) electrons. The van der Waals surface area contributed by atoms with Crippen molar-refractivity contribution in [2.24, 2.45) is 0 Å². The molecule has 2 N–H and O–H groups in total. The molecular weight excluding hydrogens is 363 g/mol. The lowest BCUT2D eigenvalue weighted by molar-refractivity contribution is 0.151. The summed E-state index contributed by atoms with van der Waals surface area (Å²) in [6.45, 7) is 1.98. The van der Waals surface area contributed by atoms with Gasteiger partial charge in [-0.05, 0) is 29.0 Å². The Morgan fingerprint density at radius 1 is 1.21 bits per heavy atom. The number of nitrogen functional groups attached to an aromatic ring is 1. The molecule has 0 aliphatic rings. The van der Waals surface area contributed by atoms with Crippen LogP contribution >= 0.6 is 22.6 Å². The summed E-state index contributed by atoms with van der Waals surface area (Å²) in [5, 5.41) is 0. The highest BCUT2D eigenvalue weighted by molar-refractivity contribution is 14.1. The van der Waals surface area contributed by atoms with E-state index in [1.165, 1.54) is 12.1 Å². The van der Waals surface area contributed by atoms with Crippen molar-refractivity contribution in [3.63, 3.8) is 0 Å². The maximum Gasteiger partial charge on any atom is 0.263 e. The second-order valence-corrected chi connectivity index (χ2v) is 5.05. The molecule has 1 aromatic heterocycles. The topological polar surface area (TPSA) is 51.8 Å². The number of benzene rings is 1. The Bertz CT molecular complexity index is 585. The molecule has 0 aliphatic carbocycles. The first-order valence-electron chi connectivity index (χ1n) is 5.73. The average Bonchev–Trinajstić information content (AvgIpc) is 2.41. The van der Waals surface area contributed by atoms with Crippen LogP contribution in [-0.4, -0.2) is 9.97 Å². The van der Waals surface area contributed by atoms with Crippen molar-refractivity contribution in [3.8, 4) is 11.4 Å². The van der Waals surface area contributed by atoms with Gasteiger partial charge in [0.05, 0.1) is 9.26 Å². The largest absolute Gasteiger partial charge is 0.383 e. The Morgan fingerprint density at radius 2 is 1.84 bits per heavy atom. The normalized spacial score (nSPS) is 11.0. The molecule has 1 heterocycles. The van der Waals surface area contributed by atoms with Crippen LogP contribution in [0.2, 0.25) is 0 Å². The molecule has 100 valence electrons. The van der Waals surface area contributed by atoms with E-state index < -0.39 is 6.43 Å². The molecule has 0 atom stereocenters. The maximum atomic E-state index is 12.5. The third-order valence-corrected chi connectivity index (χ3v) is 3.88. The number of rotatable bonds is 3. The first kappa shape index (κ1) is 14.1. The van der Waals surface area contributed by atoms with E-state index >= 15 is 0 Å². The van der Waals surface area contributed by atoms with Gasteiger partial charge in [-0.2, -0.15) is 0 Å². The average molecular weight is 375 g/mol. The van der Waals surface area contributed by atoms with Crippen molar-refractivity contribution in [3.05, 3.63) is 39.1 Å². The van der Waals surface area contributed by atoms with Crippen molar-refractivity contribution in [2.75, 3.05) is 5.73 Å². The highest BCUT2D eigenvalue weighted by atomic mass is 127. The van der Waals surface area contributed by atoms with Crippen LogP contribution in [0.25, 0.3) is 11.4 Å². The molecule has 0 amide bonds. The molecule has 3 nitrogen and oxygen atoms in total. The quantitative estimate of drug-likeness (QED) is 0.830. The highest BCUT2D eigenvalue weighted by Gasteiger charge is 2.11. The minimum atomic E-state index is -2.47. The number of nitrogens with two attached hydrogens (primary N) is 1. The van der Waals surface area contributed by atoms with Crippen LogP contribution in [0.3, 0.4) is 0 Å². The van der Waals surface area contributed by atoms with E-state index in [2.05, 4.69) is 32.6 Å². The third-order valence-electron chi connectivity index (χ3n) is 2.70. The van der Waals surface area contributed by atoms with Gasteiger partial charge in [-0.1, -0.05) is 31.2 Å². The van der Waals surface area contributed by atoms with E-state index in [-0.39, 0.29) is 5.56 Å². The van der Waals surface area contributed by atoms with Crippen LogP contribution in [-0.2, 0) is 6.42 Å². The van der Waals surface area contributed by atoms with Gasteiger partial charge in [0.25, 0.3) is 6.43 Å². The monoisotopic (exact) mass is 375 g/mol. The van der Waals surface area contributed by atoms with Gasteiger partial charge in [-0.25, -0.2) is 18.7 Å². The Balaban J connectivity index is 2.44. The number of aryl methyl sites for hydroxylation is 1. The zero-order valence-electron chi connectivity index (χ0n) is 10.2. The summed E-state index contributed by atoms with van der Waals surface area (Å²) < 4.78 is 25.8. The predicted molar refractivity (Wildman–Crippen MR) is 78.9 cm³/mol. The van der Waals surface area contributed by atoms with Gasteiger partial charge in [-0.15, -0.1) is 0 Å². The zero-order valence-corrected chi connectivity index (χ0v) is 12.4. The number of anilines is 1. The Labute approximate surface area is 123 Å². The minimum absolute atomic E-state index is 0.0158. The van der Waals surface area contributed by atoms with Gasteiger partial charge < -0.3 is 5.73 Å². The number of hydrogen-bond donors (Lipinski definition) is 1. The fourth-order valence-corrected chi connectivity index (χ4v) is 2.28. The number of aromatic nitrogens is 2. The van der Waals surface area contributed by atoms with E-state index in [1.807, 2.05) is 6.92 Å². The Morgan fingerprint density at radius 3 is 2.37 bits per heavy atom. The SMILES string of the molecule is CCc1nc(-c2ccc(C(F)F)cc2)nc(N)c1I. The molecule has 0 fully saturated rings. The summed E-state index contributed by atoms with van der Waals surface area (Å²) in [6.07, 6.45) is -1.73. The summed E-state index contributed by atoms with van der Waals surface area (Å²) in [4.78, 5) is 8.61. The Hall–Kier alpha value is -1.31. The van der Waals surface area contributed by atoms with Gasteiger partial charge in [0.1, 0.15) is 5.82 Å². The van der Waals surface area contributed by atoms with Gasteiger partial charge >= 0.3 is 0 Å². The molecule has 0 bridgehead atoms. The van der Waals surface area contributed by atoms with Gasteiger partial charge in [0, 0.05) is 11.1 Å². The van der Waals surface area contributed by atoms with Crippen LogP contribution in [0.1, 0.15) is 24.6 Å². The molecule has 0 aliphatic heterocycles. The van der Waals surface area contributed by atoms with Crippen LogP contribution in [0, 0.1) is 3.57 Å². The van der Waals surface area contributed by atoms with Gasteiger partial charge in [0.15, 0.2) is 5.82 Å². The summed E-state index contributed by atoms with van der Waals surface area (Å²) in [5.41, 5.74) is 7.36. The van der Waals surface area contributed by atoms with Crippen LogP contribution < -0.4 is 5.73 Å². The van der Waals surface area contributed by atoms with Crippen molar-refractivity contribution < 1.29 is 8.78 Å². The first-order valence-corrected chi connectivity index (χ1v) is 6.81.